The number of hydrogen-bond donors (Lipinski definition) is 1. The minimum absolute atomic E-state index is 0.0239. The highest BCUT2D eigenvalue weighted by atomic mass is 35.5. The first kappa shape index (κ1) is 8.53. The Balaban J connectivity index is 2.52. The van der Waals surface area contributed by atoms with Crippen LogP contribution in [0.4, 0.5) is 0 Å². The molecule has 0 radical (unpaired) electrons. The second-order valence-electron chi connectivity index (χ2n) is 2.74. The molecule has 3 nitrogen and oxygen atoms in total. The van der Waals surface area contributed by atoms with Crippen LogP contribution in [-0.4, -0.2) is 22.2 Å². The highest BCUT2D eigenvalue weighted by molar-refractivity contribution is 6.31. The van der Waals surface area contributed by atoms with Gasteiger partial charge in [0.1, 0.15) is 0 Å². The molecule has 0 aromatic rings. The Labute approximate surface area is 69.3 Å². The van der Waals surface area contributed by atoms with Crippen molar-refractivity contribution in [3.05, 3.63) is 0 Å². The predicted octanol–water partition coefficient (Wildman–Crippen LogP) is 1.05. The van der Waals surface area contributed by atoms with Crippen molar-refractivity contribution in [2.45, 2.75) is 24.6 Å². The van der Waals surface area contributed by atoms with Gasteiger partial charge in [-0.05, 0) is 12.8 Å². The van der Waals surface area contributed by atoms with E-state index in [0.29, 0.717) is 12.8 Å². The van der Waals surface area contributed by atoms with Crippen LogP contribution in [0.15, 0.2) is 0 Å². The molecule has 4 heteroatoms. The van der Waals surface area contributed by atoms with Gasteiger partial charge in [0.05, 0.1) is 11.3 Å². The predicted molar refractivity (Wildman–Crippen MR) is 39.6 cm³/mol. The Morgan fingerprint density at radius 3 is 2.73 bits per heavy atom. The number of ketones is 1. The van der Waals surface area contributed by atoms with E-state index in [9.17, 15) is 9.59 Å². The first-order valence-electron chi connectivity index (χ1n) is 3.51. The fraction of sp³-hybridized carbons (Fsp3) is 0.714. The van der Waals surface area contributed by atoms with Crippen molar-refractivity contribution in [1.29, 1.82) is 0 Å². The molecular formula is C7H9ClO3. The first-order valence-corrected chi connectivity index (χ1v) is 3.94. The van der Waals surface area contributed by atoms with Gasteiger partial charge in [0.25, 0.3) is 0 Å². The topological polar surface area (TPSA) is 54.4 Å². The number of halogens is 1. The average molecular weight is 177 g/mol. The lowest BCUT2D eigenvalue weighted by Crippen LogP contribution is -2.29. The number of alkyl halides is 1. The third-order valence-electron chi connectivity index (χ3n) is 1.93. The molecule has 0 saturated heterocycles. The van der Waals surface area contributed by atoms with Crippen LogP contribution in [0.3, 0.4) is 0 Å². The summed E-state index contributed by atoms with van der Waals surface area (Å²) in [5.41, 5.74) is 0. The van der Waals surface area contributed by atoms with Crippen LogP contribution in [-0.2, 0) is 9.59 Å². The number of carboxylic acid groups (broad SMARTS) is 1. The molecule has 1 fully saturated rings. The summed E-state index contributed by atoms with van der Waals surface area (Å²) in [5, 5.41) is 7.99. The molecule has 0 aliphatic heterocycles. The lowest BCUT2D eigenvalue weighted by Gasteiger charge is -2.20. The quantitative estimate of drug-likeness (QED) is 0.608. The molecule has 1 aliphatic carbocycles. The Morgan fingerprint density at radius 1 is 1.64 bits per heavy atom. The van der Waals surface area contributed by atoms with Gasteiger partial charge >= 0.3 is 5.97 Å². The van der Waals surface area contributed by atoms with Crippen molar-refractivity contribution in [3.8, 4) is 0 Å². The van der Waals surface area contributed by atoms with Crippen LogP contribution < -0.4 is 0 Å². The number of rotatable bonds is 1. The molecule has 1 rings (SSSR count). The molecule has 1 aliphatic rings. The van der Waals surface area contributed by atoms with Crippen molar-refractivity contribution in [2.24, 2.45) is 5.92 Å². The molecule has 11 heavy (non-hydrogen) atoms. The second kappa shape index (κ2) is 3.22. The van der Waals surface area contributed by atoms with E-state index < -0.39 is 17.3 Å². The summed E-state index contributed by atoms with van der Waals surface area (Å²) >= 11 is 5.59. The lowest BCUT2D eigenvalue weighted by molar-refractivity contribution is -0.143. The zero-order valence-electron chi connectivity index (χ0n) is 5.92. The van der Waals surface area contributed by atoms with Gasteiger partial charge < -0.3 is 5.11 Å². The summed E-state index contributed by atoms with van der Waals surface area (Å²) in [6.07, 6.45) is 1.04. The fourth-order valence-corrected chi connectivity index (χ4v) is 1.52. The molecule has 0 bridgehead atoms. The molecule has 0 unspecified atom stereocenters. The Bertz CT molecular complexity index is 190. The number of carbonyl (C=O) groups excluding carboxylic acids is 1. The second-order valence-corrected chi connectivity index (χ2v) is 3.27. The van der Waals surface area contributed by atoms with Gasteiger partial charge in [0.2, 0.25) is 0 Å². The van der Waals surface area contributed by atoms with E-state index in [0.717, 1.165) is 0 Å². The summed E-state index contributed by atoms with van der Waals surface area (Å²) in [5.74, 6) is -1.29. The van der Waals surface area contributed by atoms with Gasteiger partial charge in [-0.25, -0.2) is 0 Å². The van der Waals surface area contributed by atoms with Gasteiger partial charge in [-0.15, -0.1) is 11.6 Å². The van der Waals surface area contributed by atoms with E-state index in [1.807, 2.05) is 0 Å². The average Bonchev–Trinajstić information content (AvgIpc) is 1.94. The normalized spacial score (nSPS) is 31.9. The van der Waals surface area contributed by atoms with E-state index >= 15 is 0 Å². The Hall–Kier alpha value is -0.570. The highest BCUT2D eigenvalue weighted by Crippen LogP contribution is 2.25. The fourth-order valence-electron chi connectivity index (χ4n) is 1.20. The van der Waals surface area contributed by atoms with Crippen molar-refractivity contribution in [2.75, 3.05) is 0 Å². The number of Topliss-reactive ketones (excluding diaryl/α,β-unsaturated/α-hetero) is 1. The van der Waals surface area contributed by atoms with Crippen LogP contribution >= 0.6 is 11.6 Å². The van der Waals surface area contributed by atoms with E-state index in [2.05, 4.69) is 0 Å². The van der Waals surface area contributed by atoms with E-state index in [-0.39, 0.29) is 12.2 Å². The SMILES string of the molecule is O=C(O)[C@H]1CCC(=O)[C@@H](Cl)C1. The van der Waals surface area contributed by atoms with Gasteiger partial charge in [0, 0.05) is 6.42 Å². The Kier molecular flexibility index (Phi) is 2.49. The molecule has 0 aromatic heterocycles. The maximum atomic E-state index is 10.8. The molecule has 0 amide bonds. The summed E-state index contributed by atoms with van der Waals surface area (Å²) < 4.78 is 0. The number of carboxylic acids is 1. The molecular weight excluding hydrogens is 168 g/mol. The van der Waals surface area contributed by atoms with Gasteiger partial charge in [-0.1, -0.05) is 0 Å². The maximum Gasteiger partial charge on any atom is 0.306 e. The Morgan fingerprint density at radius 2 is 2.27 bits per heavy atom. The van der Waals surface area contributed by atoms with Crippen LogP contribution in [0, 0.1) is 5.92 Å². The van der Waals surface area contributed by atoms with Crippen LogP contribution in [0.25, 0.3) is 0 Å². The van der Waals surface area contributed by atoms with Gasteiger partial charge in [-0.2, -0.15) is 0 Å². The van der Waals surface area contributed by atoms with Crippen LogP contribution in [0.2, 0.25) is 0 Å². The van der Waals surface area contributed by atoms with Gasteiger partial charge in [0.15, 0.2) is 5.78 Å². The van der Waals surface area contributed by atoms with E-state index in [1.54, 1.807) is 0 Å². The largest absolute Gasteiger partial charge is 0.481 e. The maximum absolute atomic E-state index is 10.8. The third kappa shape index (κ3) is 1.93. The number of carbonyl (C=O) groups is 2. The van der Waals surface area contributed by atoms with Crippen molar-refractivity contribution in [3.63, 3.8) is 0 Å². The van der Waals surface area contributed by atoms with Crippen LogP contribution in [0.5, 0.6) is 0 Å². The third-order valence-corrected chi connectivity index (χ3v) is 2.35. The molecule has 2 atom stereocenters. The highest BCUT2D eigenvalue weighted by Gasteiger charge is 2.30. The summed E-state index contributed by atoms with van der Waals surface area (Å²) in [6, 6.07) is 0. The minimum atomic E-state index is -0.844. The summed E-state index contributed by atoms with van der Waals surface area (Å²) in [6.45, 7) is 0. The summed E-state index contributed by atoms with van der Waals surface area (Å²) in [4.78, 5) is 21.3. The first-order chi connectivity index (χ1) is 5.11. The molecule has 62 valence electrons. The van der Waals surface area contributed by atoms with E-state index in [4.69, 9.17) is 16.7 Å². The smallest absolute Gasteiger partial charge is 0.306 e. The molecule has 0 aromatic carbocycles. The van der Waals surface area contributed by atoms with E-state index in [1.165, 1.54) is 0 Å². The number of hydrogen-bond acceptors (Lipinski definition) is 2. The van der Waals surface area contributed by atoms with Crippen LogP contribution in [0.1, 0.15) is 19.3 Å². The van der Waals surface area contributed by atoms with Crippen molar-refractivity contribution in [1.82, 2.24) is 0 Å². The van der Waals surface area contributed by atoms with Crippen molar-refractivity contribution >= 4 is 23.4 Å². The molecule has 1 saturated carbocycles. The summed E-state index contributed by atoms with van der Waals surface area (Å²) in [7, 11) is 0. The zero-order chi connectivity index (χ0) is 8.43. The van der Waals surface area contributed by atoms with Gasteiger partial charge in [-0.3, -0.25) is 9.59 Å². The number of aliphatic carboxylic acids is 1. The molecule has 0 heterocycles. The minimum Gasteiger partial charge on any atom is -0.481 e. The molecule has 0 spiro atoms. The standard InChI is InChI=1S/C7H9ClO3/c8-5-3-4(7(10)11)1-2-6(5)9/h4-5H,1-3H2,(H,10,11)/t4-,5-/m0/s1. The lowest BCUT2D eigenvalue weighted by atomic mass is 9.88. The van der Waals surface area contributed by atoms with Crippen molar-refractivity contribution < 1.29 is 14.7 Å². The monoisotopic (exact) mass is 176 g/mol. The zero-order valence-corrected chi connectivity index (χ0v) is 6.67. The molecule has 1 N–H and O–H groups in total.